The van der Waals surface area contributed by atoms with Crippen molar-refractivity contribution in [3.05, 3.63) is 59.7 Å². The Morgan fingerprint density at radius 2 is 2.00 bits per heavy atom. The topological polar surface area (TPSA) is 55.4 Å². The molecule has 0 fully saturated rings. The fourth-order valence-electron chi connectivity index (χ4n) is 1.67. The first kappa shape index (κ1) is 13.1. The number of benzene rings is 1. The fraction of sp³-hybridized carbons (Fsp3) is 0.200. The maximum Gasteiger partial charge on any atom is 0.325 e. The summed E-state index contributed by atoms with van der Waals surface area (Å²) in [4.78, 5) is 23.1. The number of rotatable bonds is 5. The van der Waals surface area contributed by atoms with Crippen molar-refractivity contribution < 1.29 is 14.3 Å². The molecule has 19 heavy (non-hydrogen) atoms. The third kappa shape index (κ3) is 4.10. The van der Waals surface area contributed by atoms with Gasteiger partial charge in [-0.3, -0.25) is 9.59 Å². The molecule has 4 nitrogen and oxygen atoms in total. The Morgan fingerprint density at radius 3 is 2.68 bits per heavy atom. The molecule has 0 saturated heterocycles. The molecule has 4 heteroatoms. The SMILES string of the molecule is O=C(CNC(=O)C1=CC=CC1)OCc1ccccc1. The molecule has 0 spiro atoms. The molecule has 0 unspecified atom stereocenters. The lowest BCUT2D eigenvalue weighted by atomic mass is 10.2. The van der Waals surface area contributed by atoms with Gasteiger partial charge >= 0.3 is 5.97 Å². The van der Waals surface area contributed by atoms with E-state index in [0.29, 0.717) is 12.0 Å². The molecular weight excluding hydrogens is 242 g/mol. The number of hydrogen-bond acceptors (Lipinski definition) is 3. The molecule has 1 aromatic rings. The van der Waals surface area contributed by atoms with Crippen LogP contribution in [-0.2, 0) is 20.9 Å². The Hall–Kier alpha value is -2.36. The van der Waals surface area contributed by atoms with Gasteiger partial charge in [-0.2, -0.15) is 0 Å². The minimum atomic E-state index is -0.441. The van der Waals surface area contributed by atoms with Gasteiger partial charge in [-0.15, -0.1) is 0 Å². The summed E-state index contributed by atoms with van der Waals surface area (Å²) in [7, 11) is 0. The number of ether oxygens (including phenoxy) is 1. The molecule has 0 heterocycles. The number of allylic oxidation sites excluding steroid dienone is 3. The van der Waals surface area contributed by atoms with Crippen LogP contribution in [0.3, 0.4) is 0 Å². The lowest BCUT2D eigenvalue weighted by Crippen LogP contribution is -2.31. The quantitative estimate of drug-likeness (QED) is 0.817. The lowest BCUT2D eigenvalue weighted by Gasteiger charge is -2.07. The standard InChI is InChI=1S/C15H15NO3/c17-14(19-11-12-6-2-1-3-7-12)10-16-15(18)13-8-4-5-9-13/h1-8H,9-11H2,(H,16,18). The monoisotopic (exact) mass is 257 g/mol. The van der Waals surface area contributed by atoms with Crippen LogP contribution in [0.25, 0.3) is 0 Å². The molecule has 98 valence electrons. The summed E-state index contributed by atoms with van der Waals surface area (Å²) < 4.78 is 5.05. The van der Waals surface area contributed by atoms with Crippen LogP contribution in [-0.4, -0.2) is 18.4 Å². The first-order valence-electron chi connectivity index (χ1n) is 6.09. The number of amides is 1. The van der Waals surface area contributed by atoms with Crippen LogP contribution in [0.4, 0.5) is 0 Å². The Balaban J connectivity index is 1.69. The van der Waals surface area contributed by atoms with Crippen molar-refractivity contribution in [2.24, 2.45) is 0 Å². The highest BCUT2D eigenvalue weighted by atomic mass is 16.5. The molecule has 0 saturated carbocycles. The van der Waals surface area contributed by atoms with E-state index in [2.05, 4.69) is 5.32 Å². The van der Waals surface area contributed by atoms with E-state index in [4.69, 9.17) is 4.74 Å². The lowest BCUT2D eigenvalue weighted by molar-refractivity contribution is -0.144. The van der Waals surface area contributed by atoms with Crippen molar-refractivity contribution in [1.82, 2.24) is 5.32 Å². The van der Waals surface area contributed by atoms with Gasteiger partial charge < -0.3 is 10.1 Å². The second kappa shape index (κ2) is 6.54. The molecule has 1 N–H and O–H groups in total. The van der Waals surface area contributed by atoms with Gasteiger partial charge in [-0.05, 0) is 12.0 Å². The zero-order valence-corrected chi connectivity index (χ0v) is 10.5. The highest BCUT2D eigenvalue weighted by molar-refractivity contribution is 5.96. The highest BCUT2D eigenvalue weighted by Crippen LogP contribution is 2.09. The summed E-state index contributed by atoms with van der Waals surface area (Å²) in [6.45, 7) is 0.114. The first-order chi connectivity index (χ1) is 9.25. The minimum Gasteiger partial charge on any atom is -0.460 e. The van der Waals surface area contributed by atoms with Gasteiger partial charge in [-0.1, -0.05) is 48.6 Å². The number of carbonyl (C=O) groups excluding carboxylic acids is 2. The Kier molecular flexibility index (Phi) is 4.50. The smallest absolute Gasteiger partial charge is 0.325 e. The van der Waals surface area contributed by atoms with E-state index in [1.807, 2.05) is 42.5 Å². The normalized spacial score (nSPS) is 12.9. The predicted octanol–water partition coefficient (Wildman–Crippen LogP) is 1.73. The van der Waals surface area contributed by atoms with Gasteiger partial charge in [0.15, 0.2) is 0 Å². The molecular formula is C15H15NO3. The molecule has 0 bridgehead atoms. The maximum absolute atomic E-state index is 11.6. The van der Waals surface area contributed by atoms with Crippen LogP contribution in [0.1, 0.15) is 12.0 Å². The van der Waals surface area contributed by atoms with Crippen LogP contribution < -0.4 is 5.32 Å². The van der Waals surface area contributed by atoms with Crippen molar-refractivity contribution in [2.75, 3.05) is 6.54 Å². The molecule has 1 aliphatic carbocycles. The predicted molar refractivity (Wildman–Crippen MR) is 71.1 cm³/mol. The van der Waals surface area contributed by atoms with Crippen molar-refractivity contribution in [1.29, 1.82) is 0 Å². The van der Waals surface area contributed by atoms with Gasteiger partial charge in [0.25, 0.3) is 0 Å². The second-order valence-electron chi connectivity index (χ2n) is 4.15. The molecule has 0 aliphatic heterocycles. The van der Waals surface area contributed by atoms with Gasteiger partial charge in [0.2, 0.25) is 5.91 Å². The molecule has 0 atom stereocenters. The van der Waals surface area contributed by atoms with E-state index in [-0.39, 0.29) is 19.1 Å². The number of esters is 1. The Bertz CT molecular complexity index is 517. The van der Waals surface area contributed by atoms with E-state index in [9.17, 15) is 9.59 Å². The van der Waals surface area contributed by atoms with Gasteiger partial charge in [0.05, 0.1) is 0 Å². The highest BCUT2D eigenvalue weighted by Gasteiger charge is 2.11. The zero-order chi connectivity index (χ0) is 13.5. The summed E-state index contributed by atoms with van der Waals surface area (Å²) >= 11 is 0. The molecule has 1 aliphatic rings. The summed E-state index contributed by atoms with van der Waals surface area (Å²) in [6.07, 6.45) is 6.07. The van der Waals surface area contributed by atoms with E-state index >= 15 is 0 Å². The minimum absolute atomic E-state index is 0.108. The molecule has 1 aromatic carbocycles. The van der Waals surface area contributed by atoms with Crippen molar-refractivity contribution in [2.45, 2.75) is 13.0 Å². The van der Waals surface area contributed by atoms with Gasteiger partial charge in [-0.25, -0.2) is 0 Å². The number of hydrogen-bond donors (Lipinski definition) is 1. The summed E-state index contributed by atoms with van der Waals surface area (Å²) in [5.74, 6) is -0.662. The van der Waals surface area contributed by atoms with Crippen molar-refractivity contribution in [3.8, 4) is 0 Å². The zero-order valence-electron chi connectivity index (χ0n) is 10.5. The van der Waals surface area contributed by atoms with E-state index in [1.165, 1.54) is 0 Å². The van der Waals surface area contributed by atoms with E-state index in [1.54, 1.807) is 6.08 Å². The third-order valence-corrected chi connectivity index (χ3v) is 2.70. The van der Waals surface area contributed by atoms with E-state index < -0.39 is 5.97 Å². The largest absolute Gasteiger partial charge is 0.460 e. The molecule has 0 aromatic heterocycles. The van der Waals surface area contributed by atoms with Crippen LogP contribution in [0.2, 0.25) is 0 Å². The second-order valence-corrected chi connectivity index (χ2v) is 4.15. The number of nitrogens with one attached hydrogen (secondary N) is 1. The fourth-order valence-corrected chi connectivity index (χ4v) is 1.67. The summed E-state index contributed by atoms with van der Waals surface area (Å²) in [5.41, 5.74) is 1.58. The average molecular weight is 257 g/mol. The van der Waals surface area contributed by atoms with Crippen LogP contribution in [0, 0.1) is 0 Å². The van der Waals surface area contributed by atoms with Gasteiger partial charge in [0.1, 0.15) is 13.2 Å². The van der Waals surface area contributed by atoms with Crippen LogP contribution in [0.5, 0.6) is 0 Å². The molecule has 1 amide bonds. The molecule has 0 radical (unpaired) electrons. The van der Waals surface area contributed by atoms with Gasteiger partial charge in [0, 0.05) is 5.57 Å². The summed E-state index contributed by atoms with van der Waals surface area (Å²) in [5, 5.41) is 2.54. The van der Waals surface area contributed by atoms with Crippen LogP contribution in [0.15, 0.2) is 54.1 Å². The number of carbonyl (C=O) groups is 2. The van der Waals surface area contributed by atoms with Crippen molar-refractivity contribution in [3.63, 3.8) is 0 Å². The molecule has 2 rings (SSSR count). The maximum atomic E-state index is 11.6. The van der Waals surface area contributed by atoms with Crippen molar-refractivity contribution >= 4 is 11.9 Å². The Morgan fingerprint density at radius 1 is 1.21 bits per heavy atom. The average Bonchev–Trinajstić information content (AvgIpc) is 2.98. The first-order valence-corrected chi connectivity index (χ1v) is 6.09. The van der Waals surface area contributed by atoms with Crippen LogP contribution >= 0.6 is 0 Å². The Labute approximate surface area is 111 Å². The third-order valence-electron chi connectivity index (χ3n) is 2.70. The van der Waals surface area contributed by atoms with E-state index in [0.717, 1.165) is 5.56 Å². The summed E-state index contributed by atoms with van der Waals surface area (Å²) in [6, 6.07) is 9.41.